The Hall–Kier alpha value is -2.73. The summed E-state index contributed by atoms with van der Waals surface area (Å²) >= 11 is 6.31. The third-order valence-electron chi connectivity index (χ3n) is 3.22. The zero-order valence-corrected chi connectivity index (χ0v) is 15.6. The van der Waals surface area contributed by atoms with E-state index in [2.05, 4.69) is 10.5 Å². The SMILES string of the molecule is CCOc1cc(C=NNc2ccc(C(=O)O)cc2)cc(Cl)c1OC(C)C. The Morgan fingerprint density at radius 2 is 2.00 bits per heavy atom. The molecule has 2 rings (SSSR count). The highest BCUT2D eigenvalue weighted by Crippen LogP contribution is 2.37. The molecule has 0 saturated heterocycles. The summed E-state index contributed by atoms with van der Waals surface area (Å²) in [5.74, 6) is 0.0979. The Morgan fingerprint density at radius 1 is 1.31 bits per heavy atom. The van der Waals surface area contributed by atoms with Gasteiger partial charge in [0.1, 0.15) is 0 Å². The van der Waals surface area contributed by atoms with Crippen LogP contribution in [0.5, 0.6) is 11.5 Å². The summed E-state index contributed by atoms with van der Waals surface area (Å²) in [5.41, 5.74) is 4.46. The van der Waals surface area contributed by atoms with E-state index in [9.17, 15) is 4.79 Å². The van der Waals surface area contributed by atoms with Crippen molar-refractivity contribution in [3.63, 3.8) is 0 Å². The summed E-state index contributed by atoms with van der Waals surface area (Å²) < 4.78 is 11.3. The molecule has 0 aliphatic carbocycles. The number of aromatic carboxylic acids is 1. The van der Waals surface area contributed by atoms with E-state index in [1.165, 1.54) is 12.1 Å². The van der Waals surface area contributed by atoms with Crippen LogP contribution in [0.4, 0.5) is 5.69 Å². The monoisotopic (exact) mass is 376 g/mol. The number of anilines is 1. The van der Waals surface area contributed by atoms with Gasteiger partial charge < -0.3 is 14.6 Å². The minimum absolute atomic E-state index is 0.0262. The highest BCUT2D eigenvalue weighted by Gasteiger charge is 2.13. The fraction of sp³-hybridized carbons (Fsp3) is 0.263. The lowest BCUT2D eigenvalue weighted by atomic mass is 10.2. The third kappa shape index (κ3) is 5.39. The number of hydrazone groups is 1. The minimum Gasteiger partial charge on any atom is -0.490 e. The van der Waals surface area contributed by atoms with Crippen LogP contribution in [0.25, 0.3) is 0 Å². The molecule has 0 aromatic heterocycles. The number of ether oxygens (including phenoxy) is 2. The first kappa shape index (κ1) is 19.6. The Balaban J connectivity index is 2.15. The highest BCUT2D eigenvalue weighted by molar-refractivity contribution is 6.32. The fourth-order valence-corrected chi connectivity index (χ4v) is 2.41. The third-order valence-corrected chi connectivity index (χ3v) is 3.51. The molecule has 0 heterocycles. The molecule has 2 aromatic carbocycles. The molecular formula is C19H21ClN2O4. The molecule has 7 heteroatoms. The lowest BCUT2D eigenvalue weighted by molar-refractivity contribution is 0.0697. The average molecular weight is 377 g/mol. The zero-order valence-electron chi connectivity index (χ0n) is 14.8. The van der Waals surface area contributed by atoms with Crippen LogP contribution in [0, 0.1) is 0 Å². The summed E-state index contributed by atoms with van der Waals surface area (Å²) in [7, 11) is 0. The standard InChI is InChI=1S/C19H21ClN2O4/c1-4-25-17-10-13(9-16(20)18(17)26-12(2)3)11-21-22-15-7-5-14(6-8-15)19(23)24/h5-12,22H,4H2,1-3H3,(H,23,24). The molecule has 0 unspecified atom stereocenters. The topological polar surface area (TPSA) is 80.2 Å². The number of carbonyl (C=O) groups is 1. The van der Waals surface area contributed by atoms with Crippen LogP contribution in [0.2, 0.25) is 5.02 Å². The van der Waals surface area contributed by atoms with E-state index < -0.39 is 5.97 Å². The van der Waals surface area contributed by atoms with Crippen LogP contribution < -0.4 is 14.9 Å². The van der Waals surface area contributed by atoms with Gasteiger partial charge in [0.25, 0.3) is 0 Å². The molecule has 0 bridgehead atoms. The van der Waals surface area contributed by atoms with Gasteiger partial charge in [0.05, 0.1) is 35.2 Å². The fourth-order valence-electron chi connectivity index (χ4n) is 2.14. The molecule has 0 radical (unpaired) electrons. The van der Waals surface area contributed by atoms with Gasteiger partial charge >= 0.3 is 5.97 Å². The maximum absolute atomic E-state index is 10.8. The van der Waals surface area contributed by atoms with Crippen molar-refractivity contribution in [3.8, 4) is 11.5 Å². The van der Waals surface area contributed by atoms with Crippen molar-refractivity contribution >= 4 is 29.5 Å². The molecule has 26 heavy (non-hydrogen) atoms. The van der Waals surface area contributed by atoms with Gasteiger partial charge in [-0.1, -0.05) is 11.6 Å². The number of hydrogen-bond donors (Lipinski definition) is 2. The van der Waals surface area contributed by atoms with Gasteiger partial charge in [-0.2, -0.15) is 5.10 Å². The smallest absolute Gasteiger partial charge is 0.335 e. The number of hydrogen-bond acceptors (Lipinski definition) is 5. The van der Waals surface area contributed by atoms with Crippen LogP contribution >= 0.6 is 11.6 Å². The maximum Gasteiger partial charge on any atom is 0.335 e. The molecule has 0 saturated carbocycles. The average Bonchev–Trinajstić information content (AvgIpc) is 2.58. The second kappa shape index (κ2) is 9.10. The van der Waals surface area contributed by atoms with Crippen molar-refractivity contribution < 1.29 is 19.4 Å². The number of carboxylic acids is 1. The van der Waals surface area contributed by atoms with Gasteiger partial charge in [-0.25, -0.2) is 4.79 Å². The number of nitrogens with zero attached hydrogens (tertiary/aromatic N) is 1. The molecule has 0 aliphatic rings. The first-order chi connectivity index (χ1) is 12.4. The largest absolute Gasteiger partial charge is 0.490 e. The van der Waals surface area contributed by atoms with Crippen molar-refractivity contribution in [1.29, 1.82) is 0 Å². The number of rotatable bonds is 8. The number of carboxylic acid groups (broad SMARTS) is 1. The van der Waals surface area contributed by atoms with E-state index in [0.29, 0.717) is 28.8 Å². The first-order valence-electron chi connectivity index (χ1n) is 8.16. The molecule has 0 amide bonds. The second-order valence-corrected chi connectivity index (χ2v) is 6.09. The zero-order chi connectivity index (χ0) is 19.1. The van der Waals surface area contributed by atoms with Crippen LogP contribution in [0.15, 0.2) is 41.5 Å². The van der Waals surface area contributed by atoms with Gasteiger partial charge in [-0.15, -0.1) is 0 Å². The normalized spacial score (nSPS) is 11.0. The lowest BCUT2D eigenvalue weighted by Gasteiger charge is -2.16. The highest BCUT2D eigenvalue weighted by atomic mass is 35.5. The predicted octanol–water partition coefficient (Wildman–Crippen LogP) is 4.67. The summed E-state index contributed by atoms with van der Waals surface area (Å²) in [6.07, 6.45) is 1.57. The van der Waals surface area contributed by atoms with E-state index in [1.807, 2.05) is 20.8 Å². The number of nitrogens with one attached hydrogen (secondary N) is 1. The summed E-state index contributed by atoms with van der Waals surface area (Å²) in [5, 5.41) is 13.5. The quantitative estimate of drug-likeness (QED) is 0.517. The van der Waals surface area contributed by atoms with Crippen molar-refractivity contribution in [2.75, 3.05) is 12.0 Å². The van der Waals surface area contributed by atoms with Gasteiger partial charge in [0.15, 0.2) is 11.5 Å². The van der Waals surface area contributed by atoms with Gasteiger partial charge in [0.2, 0.25) is 0 Å². The van der Waals surface area contributed by atoms with Crippen LogP contribution in [0.3, 0.4) is 0 Å². The Morgan fingerprint density at radius 3 is 2.58 bits per heavy atom. The van der Waals surface area contributed by atoms with Crippen molar-refractivity contribution in [3.05, 3.63) is 52.5 Å². The molecule has 0 fully saturated rings. The predicted molar refractivity (Wildman–Crippen MR) is 103 cm³/mol. The maximum atomic E-state index is 10.8. The molecular weight excluding hydrogens is 356 g/mol. The summed E-state index contributed by atoms with van der Waals surface area (Å²) in [4.78, 5) is 10.8. The van der Waals surface area contributed by atoms with E-state index in [4.69, 9.17) is 26.2 Å². The van der Waals surface area contributed by atoms with E-state index in [-0.39, 0.29) is 11.7 Å². The molecule has 0 spiro atoms. The minimum atomic E-state index is -0.971. The van der Waals surface area contributed by atoms with E-state index >= 15 is 0 Å². The molecule has 138 valence electrons. The molecule has 0 atom stereocenters. The number of halogens is 1. The lowest BCUT2D eigenvalue weighted by Crippen LogP contribution is -2.08. The Kier molecular flexibility index (Phi) is 6.86. The summed E-state index contributed by atoms with van der Waals surface area (Å²) in [6, 6.07) is 9.81. The van der Waals surface area contributed by atoms with Crippen LogP contribution in [-0.4, -0.2) is 30.0 Å². The Bertz CT molecular complexity index is 789. The molecule has 6 nitrogen and oxygen atoms in total. The molecule has 0 aliphatic heterocycles. The first-order valence-corrected chi connectivity index (χ1v) is 8.54. The van der Waals surface area contributed by atoms with Crippen molar-refractivity contribution in [2.45, 2.75) is 26.9 Å². The number of benzene rings is 2. The summed E-state index contributed by atoms with van der Waals surface area (Å²) in [6.45, 7) is 6.21. The van der Waals surface area contributed by atoms with E-state index in [0.717, 1.165) is 5.56 Å². The molecule has 2 N–H and O–H groups in total. The van der Waals surface area contributed by atoms with Crippen molar-refractivity contribution in [1.82, 2.24) is 0 Å². The Labute approximate surface area is 157 Å². The van der Waals surface area contributed by atoms with E-state index in [1.54, 1.807) is 30.5 Å². The van der Waals surface area contributed by atoms with Gasteiger partial charge in [0, 0.05) is 0 Å². The van der Waals surface area contributed by atoms with Crippen LogP contribution in [-0.2, 0) is 0 Å². The van der Waals surface area contributed by atoms with Crippen LogP contribution in [0.1, 0.15) is 36.7 Å². The van der Waals surface area contributed by atoms with Gasteiger partial charge in [-0.05, 0) is 62.7 Å². The molecule has 2 aromatic rings. The second-order valence-electron chi connectivity index (χ2n) is 5.68. The van der Waals surface area contributed by atoms with Gasteiger partial charge in [-0.3, -0.25) is 5.43 Å². The van der Waals surface area contributed by atoms with Crippen molar-refractivity contribution in [2.24, 2.45) is 5.10 Å².